The number of esters is 1. The molecule has 0 N–H and O–H groups in total. The highest BCUT2D eigenvalue weighted by atomic mass is 19.1. The smallest absolute Gasteiger partial charge is 0.340 e. The Morgan fingerprint density at radius 1 is 0.914 bits per heavy atom. The van der Waals surface area contributed by atoms with E-state index in [1.165, 1.54) is 24.5 Å². The van der Waals surface area contributed by atoms with Crippen molar-refractivity contribution >= 4 is 5.97 Å². The summed E-state index contributed by atoms with van der Waals surface area (Å²) < 4.78 is 39.5. The Labute approximate surface area is 209 Å². The van der Waals surface area contributed by atoms with Crippen LogP contribution in [0.4, 0.5) is 8.78 Å². The number of carbonyl (C=O) groups is 1. The van der Waals surface area contributed by atoms with E-state index in [1.54, 1.807) is 6.07 Å². The van der Waals surface area contributed by atoms with Crippen molar-refractivity contribution in [3.8, 4) is 16.9 Å². The molecule has 0 aliphatic heterocycles. The van der Waals surface area contributed by atoms with Crippen molar-refractivity contribution in [2.24, 2.45) is 0 Å². The van der Waals surface area contributed by atoms with Crippen LogP contribution in [0.3, 0.4) is 0 Å². The zero-order valence-corrected chi connectivity index (χ0v) is 21.2. The highest BCUT2D eigenvalue weighted by Crippen LogP contribution is 2.35. The predicted octanol–water partition coefficient (Wildman–Crippen LogP) is 8.55. The molecule has 0 unspecified atom stereocenters. The summed E-state index contributed by atoms with van der Waals surface area (Å²) in [5.41, 5.74) is 3.02. The van der Waals surface area contributed by atoms with Crippen molar-refractivity contribution in [3.05, 3.63) is 53.8 Å². The van der Waals surface area contributed by atoms with Gasteiger partial charge in [-0.15, -0.1) is 0 Å². The number of hydrogen-bond donors (Lipinski definition) is 0. The minimum absolute atomic E-state index is 0.187. The summed E-state index contributed by atoms with van der Waals surface area (Å²) >= 11 is 0. The van der Waals surface area contributed by atoms with Gasteiger partial charge in [0.25, 0.3) is 0 Å². The Kier molecular flexibility index (Phi) is 11.0. The fourth-order valence-electron chi connectivity index (χ4n) is 4.71. The van der Waals surface area contributed by atoms with Crippen LogP contribution in [-0.4, -0.2) is 24.9 Å². The van der Waals surface area contributed by atoms with E-state index in [0.29, 0.717) is 24.7 Å². The molecule has 3 nitrogen and oxygen atoms in total. The molecule has 1 atom stereocenters. The fraction of sp³-hybridized carbons (Fsp3) is 0.567. The minimum Gasteiger partial charge on any atom is -0.491 e. The van der Waals surface area contributed by atoms with Crippen LogP contribution in [0.2, 0.25) is 0 Å². The molecule has 3 rings (SSSR count). The van der Waals surface area contributed by atoms with E-state index >= 15 is 0 Å². The lowest BCUT2D eigenvalue weighted by atomic mass is 9.82. The Hall–Kier alpha value is -2.43. The molecule has 0 saturated heterocycles. The molecule has 192 valence electrons. The number of hydrogen-bond acceptors (Lipinski definition) is 3. The summed E-state index contributed by atoms with van der Waals surface area (Å²) in [4.78, 5) is 11.9. The maximum absolute atomic E-state index is 14.5. The molecule has 0 radical (unpaired) electrons. The third-order valence-corrected chi connectivity index (χ3v) is 6.93. The van der Waals surface area contributed by atoms with Gasteiger partial charge in [-0.1, -0.05) is 76.3 Å². The quantitative estimate of drug-likeness (QED) is 0.210. The number of halogens is 2. The van der Waals surface area contributed by atoms with Crippen LogP contribution in [0.1, 0.15) is 96.0 Å². The third kappa shape index (κ3) is 8.33. The summed E-state index contributed by atoms with van der Waals surface area (Å²) in [6, 6.07) is 13.4. The highest BCUT2D eigenvalue weighted by Gasteiger charge is 2.27. The number of rotatable bonds is 13. The zero-order valence-electron chi connectivity index (χ0n) is 21.2. The second-order valence-electron chi connectivity index (χ2n) is 9.70. The third-order valence-electron chi connectivity index (χ3n) is 6.93. The van der Waals surface area contributed by atoms with Crippen molar-refractivity contribution in [1.29, 1.82) is 0 Å². The van der Waals surface area contributed by atoms with Crippen LogP contribution in [0.25, 0.3) is 11.1 Å². The van der Waals surface area contributed by atoms with E-state index in [4.69, 9.17) is 9.47 Å². The standard InChI is InChI=1S/C30H40F2O3/c1-3-5-7-8-20-34-29-19-16-25(21-28(29)32)24-12-10-22(11-13-24)23-14-17-26(18-15-23)35-30(33)27(31)9-6-4-2/h10-13,16,19,21,23,26-27H,3-9,14-15,17-18,20H2,1-2H3/t23-,26-,27-/m0/s1. The minimum atomic E-state index is -1.50. The monoisotopic (exact) mass is 486 g/mol. The summed E-state index contributed by atoms with van der Waals surface area (Å²) in [7, 11) is 0. The summed E-state index contributed by atoms with van der Waals surface area (Å²) in [6.07, 6.45) is 7.82. The molecule has 0 heterocycles. The van der Waals surface area contributed by atoms with Crippen LogP contribution < -0.4 is 4.74 Å². The van der Waals surface area contributed by atoms with Gasteiger partial charge in [-0.3, -0.25) is 0 Å². The fourth-order valence-corrected chi connectivity index (χ4v) is 4.71. The molecule has 0 amide bonds. The van der Waals surface area contributed by atoms with E-state index in [9.17, 15) is 13.6 Å². The van der Waals surface area contributed by atoms with Crippen molar-refractivity contribution in [2.45, 2.75) is 103 Å². The van der Waals surface area contributed by atoms with Gasteiger partial charge >= 0.3 is 5.97 Å². The lowest BCUT2D eigenvalue weighted by Crippen LogP contribution is -2.28. The van der Waals surface area contributed by atoms with E-state index in [2.05, 4.69) is 19.1 Å². The van der Waals surface area contributed by atoms with Gasteiger partial charge in [0.1, 0.15) is 6.10 Å². The lowest BCUT2D eigenvalue weighted by Gasteiger charge is -2.29. The average molecular weight is 487 g/mol. The molecule has 0 spiro atoms. The van der Waals surface area contributed by atoms with E-state index in [0.717, 1.165) is 56.1 Å². The number of alkyl halides is 1. The first-order valence-corrected chi connectivity index (χ1v) is 13.4. The topological polar surface area (TPSA) is 35.5 Å². The molecule has 0 bridgehead atoms. The van der Waals surface area contributed by atoms with Crippen LogP contribution in [0, 0.1) is 5.82 Å². The van der Waals surface area contributed by atoms with Gasteiger partial charge in [-0.25, -0.2) is 13.6 Å². The second kappa shape index (κ2) is 14.2. The molecule has 1 saturated carbocycles. The first-order valence-electron chi connectivity index (χ1n) is 13.4. The van der Waals surface area contributed by atoms with E-state index in [1.807, 2.05) is 25.1 Å². The first-order chi connectivity index (χ1) is 17.0. The zero-order chi connectivity index (χ0) is 25.0. The Morgan fingerprint density at radius 3 is 2.26 bits per heavy atom. The van der Waals surface area contributed by atoms with Crippen molar-refractivity contribution < 1.29 is 23.0 Å². The van der Waals surface area contributed by atoms with Gasteiger partial charge < -0.3 is 9.47 Å². The Balaban J connectivity index is 1.49. The molecule has 1 aliphatic rings. The molecule has 0 aromatic heterocycles. The normalized spacial score (nSPS) is 18.7. The number of ether oxygens (including phenoxy) is 2. The molecule has 35 heavy (non-hydrogen) atoms. The van der Waals surface area contributed by atoms with Crippen molar-refractivity contribution in [1.82, 2.24) is 0 Å². The summed E-state index contributed by atoms with van der Waals surface area (Å²) in [5.74, 6) is -0.337. The van der Waals surface area contributed by atoms with Crippen LogP contribution >= 0.6 is 0 Å². The maximum Gasteiger partial charge on any atom is 0.340 e. The lowest BCUT2D eigenvalue weighted by molar-refractivity contribution is -0.157. The second-order valence-corrected chi connectivity index (χ2v) is 9.70. The van der Waals surface area contributed by atoms with Gasteiger partial charge in [0.2, 0.25) is 0 Å². The molecule has 5 heteroatoms. The number of carbonyl (C=O) groups excluding carboxylic acids is 1. The van der Waals surface area contributed by atoms with E-state index < -0.39 is 12.1 Å². The largest absolute Gasteiger partial charge is 0.491 e. The van der Waals surface area contributed by atoms with E-state index in [-0.39, 0.29) is 18.3 Å². The molecule has 2 aromatic carbocycles. The van der Waals surface area contributed by atoms with Crippen LogP contribution in [-0.2, 0) is 9.53 Å². The van der Waals surface area contributed by atoms with Gasteiger partial charge in [0.05, 0.1) is 6.61 Å². The number of benzene rings is 2. The van der Waals surface area contributed by atoms with Crippen molar-refractivity contribution in [2.75, 3.05) is 6.61 Å². The molecule has 2 aromatic rings. The SMILES string of the molecule is CCCCCCOc1ccc(-c2ccc([C@H]3CC[C@H](OC(=O)[C@@H](F)CCCC)CC3)cc2)cc1F. The Morgan fingerprint density at radius 2 is 1.60 bits per heavy atom. The molecule has 1 fully saturated rings. The molecular formula is C30H40F2O3. The maximum atomic E-state index is 14.5. The van der Waals surface area contributed by atoms with Gasteiger partial charge in [-0.05, 0) is 73.3 Å². The van der Waals surface area contributed by atoms with Gasteiger partial charge in [0.15, 0.2) is 17.7 Å². The average Bonchev–Trinajstić information content (AvgIpc) is 2.88. The predicted molar refractivity (Wildman–Crippen MR) is 137 cm³/mol. The molecular weight excluding hydrogens is 446 g/mol. The highest BCUT2D eigenvalue weighted by molar-refractivity contribution is 5.74. The van der Waals surface area contributed by atoms with Gasteiger partial charge in [-0.2, -0.15) is 0 Å². The molecule has 1 aliphatic carbocycles. The van der Waals surface area contributed by atoms with Crippen LogP contribution in [0.5, 0.6) is 5.75 Å². The number of unbranched alkanes of at least 4 members (excludes halogenated alkanes) is 4. The van der Waals surface area contributed by atoms with Crippen molar-refractivity contribution in [3.63, 3.8) is 0 Å². The van der Waals surface area contributed by atoms with Crippen LogP contribution in [0.15, 0.2) is 42.5 Å². The summed E-state index contributed by atoms with van der Waals surface area (Å²) in [5, 5.41) is 0. The summed E-state index contributed by atoms with van der Waals surface area (Å²) in [6.45, 7) is 4.68. The first kappa shape index (κ1) is 27.2. The van der Waals surface area contributed by atoms with Gasteiger partial charge in [0, 0.05) is 0 Å². The Bertz CT molecular complexity index is 904.